The summed E-state index contributed by atoms with van der Waals surface area (Å²) < 4.78 is 32.1. The van der Waals surface area contributed by atoms with E-state index in [0.29, 0.717) is 18.0 Å². The number of hydrogen-bond donors (Lipinski definition) is 2. The maximum Gasteiger partial charge on any atom is 0.243 e. The summed E-state index contributed by atoms with van der Waals surface area (Å²) in [5.41, 5.74) is 0.551. The topological polar surface area (TPSA) is 105 Å². The summed E-state index contributed by atoms with van der Waals surface area (Å²) in [4.78, 5) is 26.0. The Kier molecular flexibility index (Phi) is 8.64. The summed E-state index contributed by atoms with van der Waals surface area (Å²) in [6.07, 6.45) is -0.0933. The molecule has 0 atom stereocenters. The summed E-state index contributed by atoms with van der Waals surface area (Å²) in [6, 6.07) is 12.9. The Morgan fingerprint density at radius 2 is 1.87 bits per heavy atom. The van der Waals surface area contributed by atoms with Crippen LogP contribution in [0.15, 0.2) is 53.4 Å². The number of nitrogens with zero attached hydrogens (tertiary/aromatic N) is 1. The zero-order chi connectivity index (χ0) is 22.1. The maximum atomic E-state index is 12.4. The first-order valence-electron chi connectivity index (χ1n) is 9.22. The van der Waals surface area contributed by atoms with Crippen LogP contribution in [0.5, 0.6) is 5.75 Å². The molecule has 0 saturated heterocycles. The average Bonchev–Trinajstić information content (AvgIpc) is 2.72. The molecule has 0 heterocycles. The Morgan fingerprint density at radius 3 is 2.53 bits per heavy atom. The molecule has 0 fully saturated rings. The largest absolute Gasteiger partial charge is 0.497 e. The van der Waals surface area contributed by atoms with Crippen molar-refractivity contribution in [2.45, 2.75) is 18.2 Å². The van der Waals surface area contributed by atoms with Gasteiger partial charge in [-0.25, -0.2) is 13.1 Å². The number of sulfonamides is 1. The third-order valence-corrected chi connectivity index (χ3v) is 6.14. The van der Waals surface area contributed by atoms with Crippen LogP contribution in [0, 0.1) is 0 Å². The van der Waals surface area contributed by atoms with E-state index in [1.54, 1.807) is 43.3 Å². The predicted octanol–water partition coefficient (Wildman–Crippen LogP) is 2.50. The number of benzene rings is 2. The number of amides is 2. The Hall–Kier alpha value is -2.62. The van der Waals surface area contributed by atoms with Crippen LogP contribution in [-0.2, 0) is 19.6 Å². The molecule has 2 N–H and O–H groups in total. The smallest absolute Gasteiger partial charge is 0.243 e. The summed E-state index contributed by atoms with van der Waals surface area (Å²) in [5.74, 6) is -0.114. The Balaban J connectivity index is 1.88. The van der Waals surface area contributed by atoms with Gasteiger partial charge in [0.25, 0.3) is 0 Å². The lowest BCUT2D eigenvalue weighted by Crippen LogP contribution is -2.39. The monoisotopic (exact) mass is 453 g/mol. The lowest BCUT2D eigenvalue weighted by Gasteiger charge is -2.20. The Morgan fingerprint density at radius 1 is 1.13 bits per heavy atom. The van der Waals surface area contributed by atoms with Gasteiger partial charge < -0.3 is 15.0 Å². The van der Waals surface area contributed by atoms with Gasteiger partial charge in [-0.1, -0.05) is 29.8 Å². The summed E-state index contributed by atoms with van der Waals surface area (Å²) >= 11 is 5.92. The van der Waals surface area contributed by atoms with Gasteiger partial charge in [0.2, 0.25) is 21.8 Å². The molecule has 30 heavy (non-hydrogen) atoms. The molecule has 0 aromatic heterocycles. The third-order valence-electron chi connectivity index (χ3n) is 4.18. The highest BCUT2D eigenvalue weighted by molar-refractivity contribution is 7.89. The standard InChI is InChI=1S/C20H24ClN3O5S/c1-3-24(14-19(25)23-15-7-6-8-16(13-15)29-2)20(26)11-12-22-30(27,28)18-10-5-4-9-17(18)21/h4-10,13,22H,3,11-12,14H2,1-2H3,(H,23,25). The maximum absolute atomic E-state index is 12.4. The molecule has 0 radical (unpaired) electrons. The van der Waals surface area contributed by atoms with Crippen LogP contribution in [0.2, 0.25) is 5.02 Å². The van der Waals surface area contributed by atoms with Crippen LogP contribution in [0.25, 0.3) is 0 Å². The number of carbonyl (C=O) groups is 2. The van der Waals surface area contributed by atoms with E-state index in [9.17, 15) is 18.0 Å². The van der Waals surface area contributed by atoms with E-state index in [0.717, 1.165) is 0 Å². The lowest BCUT2D eigenvalue weighted by molar-refractivity contribution is -0.134. The minimum Gasteiger partial charge on any atom is -0.497 e. The van der Waals surface area contributed by atoms with Crippen LogP contribution >= 0.6 is 11.6 Å². The van der Waals surface area contributed by atoms with Gasteiger partial charge in [-0.2, -0.15) is 0 Å². The number of methoxy groups -OCH3 is 1. The fourth-order valence-corrected chi connectivity index (χ4v) is 4.19. The molecular weight excluding hydrogens is 430 g/mol. The molecule has 2 aromatic carbocycles. The van der Waals surface area contributed by atoms with Crippen molar-refractivity contribution in [3.8, 4) is 5.75 Å². The van der Waals surface area contributed by atoms with Crippen LogP contribution in [0.3, 0.4) is 0 Å². The zero-order valence-electron chi connectivity index (χ0n) is 16.7. The minimum absolute atomic E-state index is 0.0517. The van der Waals surface area contributed by atoms with Gasteiger partial charge in [0.05, 0.1) is 18.7 Å². The second kappa shape index (κ2) is 11.0. The van der Waals surface area contributed by atoms with Crippen LogP contribution in [0.1, 0.15) is 13.3 Å². The third kappa shape index (κ3) is 6.72. The van der Waals surface area contributed by atoms with Crippen LogP contribution < -0.4 is 14.8 Å². The first-order valence-corrected chi connectivity index (χ1v) is 11.1. The van der Waals surface area contributed by atoms with Gasteiger partial charge in [-0.3, -0.25) is 9.59 Å². The van der Waals surface area contributed by atoms with E-state index in [2.05, 4.69) is 10.0 Å². The molecule has 162 valence electrons. The highest BCUT2D eigenvalue weighted by Crippen LogP contribution is 2.20. The molecule has 0 aliphatic carbocycles. The van der Waals surface area contributed by atoms with Crippen LogP contribution in [-0.4, -0.2) is 51.9 Å². The zero-order valence-corrected chi connectivity index (χ0v) is 18.3. The lowest BCUT2D eigenvalue weighted by atomic mass is 10.3. The highest BCUT2D eigenvalue weighted by Gasteiger charge is 2.19. The van der Waals surface area contributed by atoms with Crippen molar-refractivity contribution in [2.24, 2.45) is 0 Å². The summed E-state index contributed by atoms with van der Waals surface area (Å²) in [5, 5.41) is 2.80. The summed E-state index contributed by atoms with van der Waals surface area (Å²) in [6.45, 7) is 1.79. The highest BCUT2D eigenvalue weighted by atomic mass is 35.5. The van der Waals surface area contributed by atoms with Crippen molar-refractivity contribution in [2.75, 3.05) is 32.1 Å². The number of carbonyl (C=O) groups excluding carboxylic acids is 2. The van der Waals surface area contributed by atoms with Crippen LogP contribution in [0.4, 0.5) is 5.69 Å². The molecule has 0 aliphatic rings. The van der Waals surface area contributed by atoms with Gasteiger partial charge >= 0.3 is 0 Å². The number of hydrogen-bond acceptors (Lipinski definition) is 5. The number of anilines is 1. The SMILES string of the molecule is CCN(CC(=O)Nc1cccc(OC)c1)C(=O)CCNS(=O)(=O)c1ccccc1Cl. The molecule has 2 aromatic rings. The van der Waals surface area contributed by atoms with Crippen molar-refractivity contribution in [1.29, 1.82) is 0 Å². The number of likely N-dealkylation sites (N-methyl/N-ethyl adjacent to an activating group) is 1. The van der Waals surface area contributed by atoms with E-state index < -0.39 is 10.0 Å². The number of halogens is 1. The quantitative estimate of drug-likeness (QED) is 0.575. The molecular formula is C20H24ClN3O5S. The van der Waals surface area contributed by atoms with Gasteiger partial charge in [-0.05, 0) is 31.2 Å². The molecule has 0 spiro atoms. The molecule has 2 amide bonds. The van der Waals surface area contributed by atoms with Gasteiger partial charge in [0.15, 0.2) is 0 Å². The molecule has 2 rings (SSSR count). The molecule has 8 nitrogen and oxygen atoms in total. The van der Waals surface area contributed by atoms with Crippen molar-refractivity contribution >= 4 is 39.1 Å². The molecule has 0 aliphatic heterocycles. The van der Waals surface area contributed by atoms with E-state index in [-0.39, 0.29) is 41.2 Å². The molecule has 0 saturated carbocycles. The molecule has 0 bridgehead atoms. The Labute approximate surface area is 181 Å². The molecule has 10 heteroatoms. The van der Waals surface area contributed by atoms with E-state index in [4.69, 9.17) is 16.3 Å². The first-order chi connectivity index (χ1) is 14.3. The van der Waals surface area contributed by atoms with Crippen molar-refractivity contribution < 1.29 is 22.7 Å². The average molecular weight is 454 g/mol. The second-order valence-electron chi connectivity index (χ2n) is 6.27. The first kappa shape index (κ1) is 23.7. The van der Waals surface area contributed by atoms with E-state index >= 15 is 0 Å². The molecule has 0 unspecified atom stereocenters. The van der Waals surface area contributed by atoms with Gasteiger partial charge in [-0.15, -0.1) is 0 Å². The fraction of sp³-hybridized carbons (Fsp3) is 0.300. The van der Waals surface area contributed by atoms with Gasteiger partial charge in [0.1, 0.15) is 10.6 Å². The van der Waals surface area contributed by atoms with Crippen molar-refractivity contribution in [3.63, 3.8) is 0 Å². The number of rotatable bonds is 10. The summed E-state index contributed by atoms with van der Waals surface area (Å²) in [7, 11) is -2.31. The van der Waals surface area contributed by atoms with Gasteiger partial charge in [0, 0.05) is 31.3 Å². The number of nitrogens with one attached hydrogen (secondary N) is 2. The predicted molar refractivity (Wildman–Crippen MR) is 115 cm³/mol. The second-order valence-corrected chi connectivity index (χ2v) is 8.41. The fourth-order valence-electron chi connectivity index (χ4n) is 2.64. The van der Waals surface area contributed by atoms with E-state index in [1.807, 2.05) is 0 Å². The van der Waals surface area contributed by atoms with E-state index in [1.165, 1.54) is 24.1 Å². The normalized spacial score (nSPS) is 11.0. The van der Waals surface area contributed by atoms with Crippen molar-refractivity contribution in [1.82, 2.24) is 9.62 Å². The van der Waals surface area contributed by atoms with Crippen molar-refractivity contribution in [3.05, 3.63) is 53.6 Å². The minimum atomic E-state index is -3.83. The Bertz CT molecular complexity index is 997. The number of ether oxygens (including phenoxy) is 1.